The second kappa shape index (κ2) is 5.70. The lowest BCUT2D eigenvalue weighted by Gasteiger charge is -2.09. The molecular formula is C12H12F3O. The number of hydrogen-bond acceptors (Lipinski definition) is 1. The Hall–Kier alpha value is -1.29. The monoisotopic (exact) mass is 229 g/mol. The van der Waals surface area contributed by atoms with Crippen molar-refractivity contribution in [3.8, 4) is 0 Å². The Bertz CT molecular complexity index is 356. The molecule has 87 valence electrons. The van der Waals surface area contributed by atoms with Crippen molar-refractivity contribution in [2.45, 2.75) is 6.18 Å². The average molecular weight is 229 g/mol. The molecule has 1 aromatic rings. The molecule has 0 aliphatic carbocycles. The van der Waals surface area contributed by atoms with Crippen molar-refractivity contribution >= 4 is 6.08 Å². The van der Waals surface area contributed by atoms with Gasteiger partial charge in [-0.25, -0.2) is 0 Å². The Labute approximate surface area is 92.5 Å². The Balaban J connectivity index is 2.83. The normalized spacial score (nSPS) is 12.2. The zero-order chi connectivity index (χ0) is 12.0. The molecule has 1 nitrogen and oxygen atoms in total. The fourth-order valence-electron chi connectivity index (χ4n) is 1.23. The van der Waals surface area contributed by atoms with E-state index in [9.17, 15) is 13.2 Å². The molecule has 0 unspecified atom stereocenters. The van der Waals surface area contributed by atoms with Crippen LogP contribution in [0.2, 0.25) is 0 Å². The molecule has 16 heavy (non-hydrogen) atoms. The SMILES string of the molecule is [CH2]COC/C=C/c1ccccc1C(F)(F)F. The molecule has 0 amide bonds. The fraction of sp³-hybridized carbons (Fsp3) is 0.250. The van der Waals surface area contributed by atoms with E-state index in [1.54, 1.807) is 6.07 Å². The highest BCUT2D eigenvalue weighted by Gasteiger charge is 2.32. The van der Waals surface area contributed by atoms with Gasteiger partial charge >= 0.3 is 6.18 Å². The summed E-state index contributed by atoms with van der Waals surface area (Å²) in [5.41, 5.74) is -0.497. The van der Waals surface area contributed by atoms with E-state index in [1.807, 2.05) is 0 Å². The highest BCUT2D eigenvalue weighted by molar-refractivity contribution is 5.54. The lowest BCUT2D eigenvalue weighted by Crippen LogP contribution is -2.06. The molecule has 1 aromatic carbocycles. The predicted octanol–water partition coefficient (Wildman–Crippen LogP) is 3.57. The lowest BCUT2D eigenvalue weighted by molar-refractivity contribution is -0.137. The molecular weight excluding hydrogens is 217 g/mol. The Morgan fingerprint density at radius 1 is 1.25 bits per heavy atom. The van der Waals surface area contributed by atoms with Gasteiger partial charge in [0, 0.05) is 6.61 Å². The number of hydrogen-bond donors (Lipinski definition) is 0. The highest BCUT2D eigenvalue weighted by Crippen LogP contribution is 2.32. The summed E-state index contributed by atoms with van der Waals surface area (Å²) >= 11 is 0. The van der Waals surface area contributed by atoms with Crippen LogP contribution in [0, 0.1) is 6.92 Å². The maximum atomic E-state index is 12.5. The molecule has 0 aliphatic heterocycles. The Morgan fingerprint density at radius 3 is 2.56 bits per heavy atom. The molecule has 0 aliphatic rings. The molecule has 0 bridgehead atoms. The van der Waals surface area contributed by atoms with Gasteiger partial charge < -0.3 is 4.74 Å². The molecule has 0 saturated heterocycles. The maximum absolute atomic E-state index is 12.5. The van der Waals surface area contributed by atoms with Crippen molar-refractivity contribution in [3.63, 3.8) is 0 Å². The molecule has 0 spiro atoms. The summed E-state index contributed by atoms with van der Waals surface area (Å²) < 4.78 is 42.5. The van der Waals surface area contributed by atoms with Gasteiger partial charge in [0.1, 0.15) is 0 Å². The molecule has 0 saturated carbocycles. The number of ether oxygens (including phenoxy) is 1. The van der Waals surface area contributed by atoms with Gasteiger partial charge in [-0.1, -0.05) is 30.4 Å². The van der Waals surface area contributed by atoms with Gasteiger partial charge in [-0.15, -0.1) is 0 Å². The fourth-order valence-corrected chi connectivity index (χ4v) is 1.23. The summed E-state index contributed by atoms with van der Waals surface area (Å²) in [6.45, 7) is 4.01. The van der Waals surface area contributed by atoms with Crippen molar-refractivity contribution in [1.29, 1.82) is 0 Å². The zero-order valence-electron chi connectivity index (χ0n) is 8.63. The second-order valence-electron chi connectivity index (χ2n) is 3.06. The van der Waals surface area contributed by atoms with Crippen molar-refractivity contribution < 1.29 is 17.9 Å². The molecule has 0 aromatic heterocycles. The van der Waals surface area contributed by atoms with E-state index >= 15 is 0 Å². The van der Waals surface area contributed by atoms with E-state index in [-0.39, 0.29) is 12.2 Å². The standard InChI is InChI=1S/C12H12F3O/c1-2-16-9-5-7-10-6-3-4-8-11(10)12(13,14)15/h3-8H,1-2,9H2/b7-5+. The third-order valence-electron chi connectivity index (χ3n) is 1.92. The van der Waals surface area contributed by atoms with Crippen LogP contribution < -0.4 is 0 Å². The van der Waals surface area contributed by atoms with Crippen LogP contribution in [-0.4, -0.2) is 13.2 Å². The van der Waals surface area contributed by atoms with E-state index in [2.05, 4.69) is 6.92 Å². The quantitative estimate of drug-likeness (QED) is 0.717. The van der Waals surface area contributed by atoms with Crippen LogP contribution in [0.4, 0.5) is 13.2 Å². The number of halogens is 3. The summed E-state index contributed by atoms with van der Waals surface area (Å²) in [6.07, 6.45) is -1.39. The van der Waals surface area contributed by atoms with E-state index < -0.39 is 11.7 Å². The van der Waals surface area contributed by atoms with Crippen molar-refractivity contribution in [1.82, 2.24) is 0 Å². The van der Waals surface area contributed by atoms with Gasteiger partial charge in [0.2, 0.25) is 0 Å². The van der Waals surface area contributed by atoms with Crippen LogP contribution >= 0.6 is 0 Å². The van der Waals surface area contributed by atoms with Crippen molar-refractivity contribution in [2.24, 2.45) is 0 Å². The van der Waals surface area contributed by atoms with Gasteiger partial charge in [0.25, 0.3) is 0 Å². The van der Waals surface area contributed by atoms with Crippen LogP contribution in [0.1, 0.15) is 11.1 Å². The lowest BCUT2D eigenvalue weighted by atomic mass is 10.1. The van der Waals surface area contributed by atoms with Gasteiger partial charge in [-0.05, 0) is 18.6 Å². The Kier molecular flexibility index (Phi) is 4.55. The van der Waals surface area contributed by atoms with Crippen LogP contribution in [0.25, 0.3) is 6.08 Å². The molecule has 1 rings (SSSR count). The van der Waals surface area contributed by atoms with Gasteiger partial charge in [0.15, 0.2) is 0 Å². The van der Waals surface area contributed by atoms with Crippen LogP contribution in [0.3, 0.4) is 0 Å². The summed E-state index contributed by atoms with van der Waals surface area (Å²) in [5, 5.41) is 0. The third-order valence-corrected chi connectivity index (χ3v) is 1.92. The van der Waals surface area contributed by atoms with Crippen molar-refractivity contribution in [2.75, 3.05) is 13.2 Å². The first-order chi connectivity index (χ1) is 7.55. The third kappa shape index (κ3) is 3.70. The van der Waals surface area contributed by atoms with Crippen LogP contribution in [0.15, 0.2) is 30.3 Å². The zero-order valence-corrected chi connectivity index (χ0v) is 8.63. The highest BCUT2D eigenvalue weighted by atomic mass is 19.4. The molecule has 0 atom stereocenters. The molecule has 4 heteroatoms. The summed E-state index contributed by atoms with van der Waals surface area (Å²) in [4.78, 5) is 0. The minimum absolute atomic E-state index is 0.141. The summed E-state index contributed by atoms with van der Waals surface area (Å²) in [7, 11) is 0. The molecule has 0 heterocycles. The first-order valence-electron chi connectivity index (χ1n) is 4.75. The smallest absolute Gasteiger partial charge is 0.377 e. The Morgan fingerprint density at radius 2 is 1.94 bits per heavy atom. The van der Waals surface area contributed by atoms with Gasteiger partial charge in [-0.2, -0.15) is 13.2 Å². The first kappa shape index (κ1) is 12.8. The van der Waals surface area contributed by atoms with Gasteiger partial charge in [0.05, 0.1) is 12.2 Å². The van der Waals surface area contributed by atoms with E-state index in [1.165, 1.54) is 24.3 Å². The maximum Gasteiger partial charge on any atom is 0.416 e. The topological polar surface area (TPSA) is 9.23 Å². The number of alkyl halides is 3. The van der Waals surface area contributed by atoms with Crippen LogP contribution in [0.5, 0.6) is 0 Å². The van der Waals surface area contributed by atoms with Crippen LogP contribution in [-0.2, 0) is 10.9 Å². The summed E-state index contributed by atoms with van der Waals surface area (Å²) in [5.74, 6) is 0. The minimum Gasteiger partial charge on any atom is -0.377 e. The molecule has 0 N–H and O–H groups in total. The molecule has 0 fully saturated rings. The largest absolute Gasteiger partial charge is 0.416 e. The first-order valence-corrected chi connectivity index (χ1v) is 4.75. The number of benzene rings is 1. The summed E-state index contributed by atoms with van der Waals surface area (Å²) in [6, 6.07) is 5.41. The average Bonchev–Trinajstić information content (AvgIpc) is 2.24. The van der Waals surface area contributed by atoms with Gasteiger partial charge in [-0.3, -0.25) is 0 Å². The van der Waals surface area contributed by atoms with Crippen molar-refractivity contribution in [3.05, 3.63) is 48.4 Å². The second-order valence-corrected chi connectivity index (χ2v) is 3.06. The van der Waals surface area contributed by atoms with E-state index in [4.69, 9.17) is 4.74 Å². The predicted molar refractivity (Wildman–Crippen MR) is 56.7 cm³/mol. The minimum atomic E-state index is -4.33. The number of rotatable bonds is 4. The molecule has 1 radical (unpaired) electrons. The van der Waals surface area contributed by atoms with E-state index in [0.29, 0.717) is 6.61 Å². The van der Waals surface area contributed by atoms with E-state index in [0.717, 1.165) is 6.07 Å².